The van der Waals surface area contributed by atoms with Crippen LogP contribution in [-0.2, 0) is 40.3 Å². The van der Waals surface area contributed by atoms with Gasteiger partial charge >= 0.3 is 644 Å². The third-order valence-electron chi connectivity index (χ3n) is 26.1. The molecule has 0 amide bonds. The fraction of sp³-hybridized carbons (Fsp3) is 0.349. The van der Waals surface area contributed by atoms with E-state index in [1.165, 1.54) is 66.9 Å². The van der Waals surface area contributed by atoms with Crippen LogP contribution in [0.2, 0.25) is 64.5 Å². The SMILES string of the molecule is CCCc1c(Cl)cc(C2C=CC=CC3=C2C=C(CC)[C]32[SiH](C)[C]3(C(CC)=CC4=C3C=CC=CC4c3cc(Cl)c(CCC)c(Cl)c3)[Hf]23([Cl])([Cl])[C]2(C(CC)=CC4=C2C=CC=CC4c2cc(Cl)c(CCC)c(Cl)c2)[SiH](C)[C]32C(CC)=CC3=C2C=CC=CC3c2cc(Cl)c(CCC)c(Cl)c2)cc1Cl. The first kappa shape index (κ1) is 72.9. The number of rotatable bonds is 16. The summed E-state index contributed by atoms with van der Waals surface area (Å²) < 4.78 is -3.46. The molecule has 4 aromatic carbocycles. The van der Waals surface area contributed by atoms with E-state index in [-0.39, 0.29) is 23.7 Å². The molecule has 5 spiro atoms. The average Bonchev–Trinajstić information content (AvgIpc) is 1.52. The monoisotopic (exact) mass is 1710 g/mol. The number of fused-ring (bicyclic) bond motifs is 8. The Morgan fingerprint density at radius 3 is 0.677 bits per heavy atom. The van der Waals surface area contributed by atoms with E-state index in [0.717, 1.165) is 122 Å². The Morgan fingerprint density at radius 1 is 0.313 bits per heavy atom. The van der Waals surface area contributed by atoms with Crippen LogP contribution in [-0.4, -0.2) is 17.6 Å². The molecule has 2 heterocycles. The molecule has 0 N–H and O–H groups in total. The molecule has 0 saturated carbocycles. The number of halogens is 10. The molecule has 2 aliphatic heterocycles. The van der Waals surface area contributed by atoms with Crippen LogP contribution >= 0.6 is 110 Å². The fourth-order valence-corrected chi connectivity index (χ4v) is 197. The van der Waals surface area contributed by atoms with Crippen molar-refractivity contribution in [2.75, 3.05) is 0 Å². The van der Waals surface area contributed by atoms with Crippen LogP contribution in [0.4, 0.5) is 0 Å². The summed E-state index contributed by atoms with van der Waals surface area (Å²) in [7, 11) is 18.0. The van der Waals surface area contributed by atoms with E-state index in [2.05, 4.69) is 239 Å². The van der Waals surface area contributed by atoms with Crippen molar-refractivity contribution in [2.24, 2.45) is 0 Å². The van der Waals surface area contributed by atoms with Crippen molar-refractivity contribution >= 4 is 128 Å². The van der Waals surface area contributed by atoms with Gasteiger partial charge in [0.2, 0.25) is 0 Å². The summed E-state index contributed by atoms with van der Waals surface area (Å²) in [6.45, 7) is 23.8. The molecule has 2 saturated heterocycles. The topological polar surface area (TPSA) is 0 Å². The molecule has 4 aromatic rings. The first-order valence-corrected chi connectivity index (χ1v) is 60.1. The second-order valence-corrected chi connectivity index (χ2v) is 87.2. The Balaban J connectivity index is 1.22. The number of benzene rings is 4. The predicted octanol–water partition coefficient (Wildman–Crippen LogP) is 29.3. The Hall–Kier alpha value is -3.08. The fourth-order valence-electron chi connectivity index (χ4n) is 23.7. The number of hydrogen-bond acceptors (Lipinski definition) is 0. The van der Waals surface area contributed by atoms with Crippen molar-refractivity contribution in [3.8, 4) is 0 Å². The van der Waals surface area contributed by atoms with Crippen molar-refractivity contribution in [3.63, 3.8) is 0 Å². The van der Waals surface area contributed by atoms with Gasteiger partial charge < -0.3 is 0 Å². The summed E-state index contributed by atoms with van der Waals surface area (Å²) in [6, 6.07) is 17.5. The van der Waals surface area contributed by atoms with E-state index in [9.17, 15) is 17.2 Å². The number of hydrogen-bond donors (Lipinski definition) is 0. The van der Waals surface area contributed by atoms with Crippen LogP contribution in [0.1, 0.15) is 175 Å². The summed E-state index contributed by atoms with van der Waals surface area (Å²) in [5.41, 5.74) is 23.6. The van der Waals surface area contributed by atoms with E-state index in [0.29, 0.717) is 40.2 Å². The summed E-state index contributed by atoms with van der Waals surface area (Å²) in [4.78, 5) is 0. The second-order valence-electron chi connectivity index (χ2n) is 29.6. The predicted molar refractivity (Wildman–Crippen MR) is 436 cm³/mol. The van der Waals surface area contributed by atoms with E-state index >= 15 is 0 Å². The molecule has 2 fully saturated rings. The Morgan fingerprint density at radius 2 is 0.505 bits per heavy atom. The quantitative estimate of drug-likeness (QED) is 0.0981. The summed E-state index contributed by atoms with van der Waals surface area (Å²) in [5.74, 6) is -0.970. The minimum absolute atomic E-state index is 0.242. The number of allylic oxidation sites excluding steroid dienone is 32. The van der Waals surface area contributed by atoms with Gasteiger partial charge in [-0.15, -0.1) is 0 Å². The van der Waals surface area contributed by atoms with Crippen molar-refractivity contribution in [3.05, 3.63) is 322 Å². The van der Waals surface area contributed by atoms with Gasteiger partial charge in [-0.05, 0) is 0 Å². The van der Waals surface area contributed by atoms with E-state index in [4.69, 9.17) is 92.8 Å². The minimum atomic E-state index is -8.21. The summed E-state index contributed by atoms with van der Waals surface area (Å²) >= 11 is 51.8. The van der Waals surface area contributed by atoms with Gasteiger partial charge in [0.1, 0.15) is 0 Å². The van der Waals surface area contributed by atoms with Crippen molar-refractivity contribution in [2.45, 2.75) is 180 Å². The molecule has 0 radical (unpaired) electrons. The Kier molecular flexibility index (Phi) is 19.5. The van der Waals surface area contributed by atoms with Crippen LogP contribution in [0.25, 0.3) is 0 Å². The summed E-state index contributed by atoms with van der Waals surface area (Å²) in [5, 5.41) is 5.53. The van der Waals surface area contributed by atoms with E-state index in [1.807, 2.05) is 0 Å². The second kappa shape index (κ2) is 26.5. The molecular weight excluding hydrogens is 1620 g/mol. The molecule has 14 rings (SSSR count). The van der Waals surface area contributed by atoms with Crippen LogP contribution in [0, 0.1) is 0 Å². The molecule has 99 heavy (non-hydrogen) atoms. The van der Waals surface area contributed by atoms with Gasteiger partial charge in [-0.25, -0.2) is 0 Å². The maximum atomic E-state index is 11.8. The molecule has 0 bridgehead atoms. The molecular formula is C86H88Cl10HfSi2. The van der Waals surface area contributed by atoms with Gasteiger partial charge in [-0.1, -0.05) is 0 Å². The Labute approximate surface area is 637 Å². The zero-order valence-corrected chi connectivity index (χ0v) is 71.9. The zero-order valence-electron chi connectivity index (χ0n) is 58.4. The van der Waals surface area contributed by atoms with Gasteiger partial charge in [0.05, 0.1) is 0 Å². The molecule has 0 nitrogen and oxygen atoms in total. The molecule has 8 atom stereocenters. The molecule has 0 aromatic heterocycles. The van der Waals surface area contributed by atoms with Crippen molar-refractivity contribution < 1.29 is 14.7 Å². The Bertz CT molecular complexity index is 4070. The van der Waals surface area contributed by atoms with E-state index < -0.39 is 43.4 Å². The third-order valence-corrected chi connectivity index (χ3v) is 145. The zero-order chi connectivity index (χ0) is 70.3. The van der Waals surface area contributed by atoms with Crippen molar-refractivity contribution in [1.29, 1.82) is 0 Å². The molecule has 10 aliphatic rings. The van der Waals surface area contributed by atoms with Gasteiger partial charge in [0.25, 0.3) is 0 Å². The first-order valence-electron chi connectivity index (χ1n) is 36.4. The van der Waals surface area contributed by atoms with Crippen LogP contribution in [0.3, 0.4) is 0 Å². The van der Waals surface area contributed by atoms with Gasteiger partial charge in [0, 0.05) is 0 Å². The van der Waals surface area contributed by atoms with Crippen LogP contribution in [0.15, 0.2) is 237 Å². The van der Waals surface area contributed by atoms with Crippen LogP contribution in [0.5, 0.6) is 0 Å². The normalized spacial score (nSPS) is 30.4. The van der Waals surface area contributed by atoms with Gasteiger partial charge in [-0.3, -0.25) is 0 Å². The van der Waals surface area contributed by atoms with Gasteiger partial charge in [-0.2, -0.15) is 0 Å². The molecule has 8 unspecified atom stereocenters. The molecule has 514 valence electrons. The molecule has 13 heteroatoms. The van der Waals surface area contributed by atoms with E-state index in [1.54, 1.807) is 0 Å². The molecule has 8 aliphatic carbocycles. The standard InChI is InChI=1S/2C43H44Cl4Si.2ClH.Hf/c2*1-6-14-34-38(44)22-28(23-39(34)45)30-16-10-12-18-32-36(30)20-26(8-3)42(32)48(5)43-27(9-4)21-37-31(17-11-13-19-33(37)43)29-24-40(46)35(15-7-2)41(47)25-29;;;/h2*10-13,16-25,30-31,48H,6-9,14-15H2,1-5H3;2*1H;/q;;;;+2/p-2. The van der Waals surface area contributed by atoms with Crippen LogP contribution < -0.4 is 0 Å². The average molecular weight is 1710 g/mol. The first-order chi connectivity index (χ1) is 47.5. The summed E-state index contributed by atoms with van der Waals surface area (Å²) in [6.07, 6.45) is 58.1. The third kappa shape index (κ3) is 8.82. The van der Waals surface area contributed by atoms with Gasteiger partial charge in [0.15, 0.2) is 0 Å². The van der Waals surface area contributed by atoms with Crippen molar-refractivity contribution in [1.82, 2.24) is 0 Å². The maximum absolute atomic E-state index is 11.8.